The number of ether oxygens (including phenoxy) is 1. The number of benzene rings is 1. The molecule has 1 aromatic carbocycles. The molecule has 0 radical (unpaired) electrons. The van der Waals surface area contributed by atoms with E-state index in [-0.39, 0.29) is 22.4 Å². The zero-order valence-corrected chi connectivity index (χ0v) is 14.7. The van der Waals surface area contributed by atoms with Crippen LogP contribution in [-0.4, -0.2) is 65.5 Å². The van der Waals surface area contributed by atoms with E-state index in [1.54, 1.807) is 4.90 Å². The fourth-order valence-corrected chi connectivity index (χ4v) is 3.79. The third-order valence-corrected chi connectivity index (χ3v) is 5.22. The van der Waals surface area contributed by atoms with Crippen LogP contribution in [0.25, 0.3) is 10.9 Å². The average molecular weight is 373 g/mol. The molecular formula is C19H20FN3O4. The van der Waals surface area contributed by atoms with Gasteiger partial charge in [-0.3, -0.25) is 14.4 Å². The highest BCUT2D eigenvalue weighted by Gasteiger charge is 2.38. The van der Waals surface area contributed by atoms with Crippen molar-refractivity contribution in [3.8, 4) is 0 Å². The molecule has 2 amide bonds. The van der Waals surface area contributed by atoms with Crippen LogP contribution in [0.4, 0.5) is 4.39 Å². The summed E-state index contributed by atoms with van der Waals surface area (Å²) in [7, 11) is 0. The molecule has 7 nitrogen and oxygen atoms in total. The van der Waals surface area contributed by atoms with E-state index in [0.29, 0.717) is 45.7 Å². The first-order chi connectivity index (χ1) is 13.1. The van der Waals surface area contributed by atoms with Crippen LogP contribution in [0.3, 0.4) is 0 Å². The van der Waals surface area contributed by atoms with Crippen LogP contribution in [0, 0.1) is 5.82 Å². The molecule has 142 valence electrons. The van der Waals surface area contributed by atoms with Gasteiger partial charge in [0.05, 0.1) is 18.7 Å². The summed E-state index contributed by atoms with van der Waals surface area (Å²) in [5.41, 5.74) is -0.533. The van der Waals surface area contributed by atoms with Gasteiger partial charge in [0.15, 0.2) is 0 Å². The zero-order valence-electron chi connectivity index (χ0n) is 14.7. The maximum Gasteiger partial charge on any atom is 0.260 e. The van der Waals surface area contributed by atoms with Gasteiger partial charge in [-0.15, -0.1) is 0 Å². The summed E-state index contributed by atoms with van der Waals surface area (Å²) in [4.78, 5) is 44.4. The van der Waals surface area contributed by atoms with E-state index in [2.05, 4.69) is 4.98 Å². The Morgan fingerprint density at radius 3 is 2.74 bits per heavy atom. The van der Waals surface area contributed by atoms with E-state index in [0.717, 1.165) is 0 Å². The molecule has 8 heteroatoms. The predicted octanol–water partition coefficient (Wildman–Crippen LogP) is 1.13. The molecule has 27 heavy (non-hydrogen) atoms. The lowest BCUT2D eigenvalue weighted by atomic mass is 10.1. The first-order valence-electron chi connectivity index (χ1n) is 9.05. The molecule has 0 aliphatic carbocycles. The lowest BCUT2D eigenvalue weighted by molar-refractivity contribution is -0.139. The van der Waals surface area contributed by atoms with Gasteiger partial charge < -0.3 is 19.5 Å². The molecule has 1 aromatic heterocycles. The summed E-state index contributed by atoms with van der Waals surface area (Å²) in [6.45, 7) is 2.41. The second-order valence-electron chi connectivity index (χ2n) is 6.79. The Labute approximate surface area is 154 Å². The molecule has 2 aromatic rings. The number of hydrogen-bond acceptors (Lipinski definition) is 4. The van der Waals surface area contributed by atoms with Gasteiger partial charge >= 0.3 is 0 Å². The third-order valence-electron chi connectivity index (χ3n) is 5.22. The number of H-pyrrole nitrogens is 1. The number of aromatic amines is 1. The van der Waals surface area contributed by atoms with E-state index < -0.39 is 23.2 Å². The lowest BCUT2D eigenvalue weighted by Crippen LogP contribution is -2.51. The van der Waals surface area contributed by atoms with Crippen LogP contribution in [-0.2, 0) is 9.53 Å². The summed E-state index contributed by atoms with van der Waals surface area (Å²) in [6, 6.07) is 3.59. The Hall–Kier alpha value is -2.74. The maximum absolute atomic E-state index is 13.8. The van der Waals surface area contributed by atoms with Crippen molar-refractivity contribution in [1.29, 1.82) is 0 Å². The number of halogens is 1. The van der Waals surface area contributed by atoms with Gasteiger partial charge in [-0.25, -0.2) is 4.39 Å². The van der Waals surface area contributed by atoms with Crippen molar-refractivity contribution < 1.29 is 18.7 Å². The summed E-state index contributed by atoms with van der Waals surface area (Å²) < 4.78 is 19.1. The van der Waals surface area contributed by atoms with Crippen LogP contribution in [0.1, 0.15) is 23.2 Å². The Morgan fingerprint density at radius 2 is 1.96 bits per heavy atom. The number of pyridine rings is 1. The Bertz CT molecular complexity index is 952. The topological polar surface area (TPSA) is 82.7 Å². The first kappa shape index (κ1) is 17.7. The third kappa shape index (κ3) is 3.10. The number of para-hydroxylation sites is 1. The van der Waals surface area contributed by atoms with Crippen LogP contribution in [0.2, 0.25) is 0 Å². The molecule has 2 aliphatic heterocycles. The predicted molar refractivity (Wildman–Crippen MR) is 96.0 cm³/mol. The van der Waals surface area contributed by atoms with Crippen LogP contribution < -0.4 is 5.43 Å². The van der Waals surface area contributed by atoms with Gasteiger partial charge in [0.25, 0.3) is 5.91 Å². The summed E-state index contributed by atoms with van der Waals surface area (Å²) in [6.07, 6.45) is 2.51. The number of amides is 2. The molecule has 1 N–H and O–H groups in total. The number of nitrogens with one attached hydrogen (secondary N) is 1. The highest BCUT2D eigenvalue weighted by atomic mass is 19.1. The van der Waals surface area contributed by atoms with Crippen molar-refractivity contribution in [3.05, 3.63) is 46.0 Å². The minimum Gasteiger partial charge on any atom is -0.378 e. The van der Waals surface area contributed by atoms with E-state index in [9.17, 15) is 18.8 Å². The fourth-order valence-electron chi connectivity index (χ4n) is 3.79. The molecule has 1 atom stereocenters. The second-order valence-corrected chi connectivity index (χ2v) is 6.79. The summed E-state index contributed by atoms with van der Waals surface area (Å²) in [5.74, 6) is -1.15. The number of likely N-dealkylation sites (tertiary alicyclic amines) is 1. The number of nitrogens with zero attached hydrogens (tertiary/aromatic N) is 2. The number of carbonyl (C=O) groups excluding carboxylic acids is 2. The van der Waals surface area contributed by atoms with Gasteiger partial charge in [0, 0.05) is 31.2 Å². The average Bonchev–Trinajstić information content (AvgIpc) is 3.18. The van der Waals surface area contributed by atoms with E-state index in [4.69, 9.17) is 4.74 Å². The molecule has 4 rings (SSSR count). The van der Waals surface area contributed by atoms with E-state index >= 15 is 0 Å². The largest absolute Gasteiger partial charge is 0.378 e. The van der Waals surface area contributed by atoms with Crippen LogP contribution in [0.5, 0.6) is 0 Å². The lowest BCUT2D eigenvalue weighted by Gasteiger charge is -2.32. The van der Waals surface area contributed by atoms with Crippen molar-refractivity contribution in [2.24, 2.45) is 0 Å². The number of morpholine rings is 1. The number of carbonyl (C=O) groups is 2. The van der Waals surface area contributed by atoms with Crippen molar-refractivity contribution in [2.45, 2.75) is 18.9 Å². The van der Waals surface area contributed by atoms with Gasteiger partial charge in [0.1, 0.15) is 17.4 Å². The normalized spacial score (nSPS) is 20.3. The van der Waals surface area contributed by atoms with Gasteiger partial charge in [-0.2, -0.15) is 0 Å². The molecule has 0 saturated carbocycles. The van der Waals surface area contributed by atoms with E-state index in [1.807, 2.05) is 0 Å². The first-order valence-corrected chi connectivity index (χ1v) is 9.05. The number of rotatable bonds is 2. The maximum atomic E-state index is 13.8. The van der Waals surface area contributed by atoms with Crippen molar-refractivity contribution >= 4 is 22.7 Å². The monoisotopic (exact) mass is 373 g/mol. The van der Waals surface area contributed by atoms with Crippen molar-refractivity contribution in [3.63, 3.8) is 0 Å². The molecule has 2 fully saturated rings. The Kier molecular flexibility index (Phi) is 4.65. The van der Waals surface area contributed by atoms with Crippen LogP contribution in [0.15, 0.2) is 29.2 Å². The van der Waals surface area contributed by atoms with Crippen molar-refractivity contribution in [2.75, 3.05) is 32.8 Å². The summed E-state index contributed by atoms with van der Waals surface area (Å²) in [5, 5.41) is 0.121. The molecule has 0 spiro atoms. The highest BCUT2D eigenvalue weighted by molar-refractivity contribution is 6.00. The molecule has 2 aliphatic rings. The Balaban J connectivity index is 1.63. The number of fused-ring (bicyclic) bond motifs is 1. The van der Waals surface area contributed by atoms with Gasteiger partial charge in [0.2, 0.25) is 11.3 Å². The van der Waals surface area contributed by atoms with Crippen molar-refractivity contribution in [1.82, 2.24) is 14.8 Å². The smallest absolute Gasteiger partial charge is 0.260 e. The second kappa shape index (κ2) is 7.11. The molecular weight excluding hydrogens is 353 g/mol. The minimum absolute atomic E-state index is 0.0708. The van der Waals surface area contributed by atoms with Gasteiger partial charge in [-0.05, 0) is 25.0 Å². The molecule has 0 unspecified atom stereocenters. The van der Waals surface area contributed by atoms with E-state index in [1.165, 1.54) is 29.3 Å². The Morgan fingerprint density at radius 1 is 1.19 bits per heavy atom. The molecule has 0 bridgehead atoms. The highest BCUT2D eigenvalue weighted by Crippen LogP contribution is 2.22. The fraction of sp³-hybridized carbons (Fsp3) is 0.421. The molecule has 3 heterocycles. The van der Waals surface area contributed by atoms with Crippen LogP contribution >= 0.6 is 0 Å². The summed E-state index contributed by atoms with van der Waals surface area (Å²) >= 11 is 0. The zero-order chi connectivity index (χ0) is 19.0. The number of hydrogen-bond donors (Lipinski definition) is 1. The minimum atomic E-state index is -0.571. The van der Waals surface area contributed by atoms with Gasteiger partial charge in [-0.1, -0.05) is 6.07 Å². The number of aromatic nitrogens is 1. The standard InChI is InChI=1S/C19H20FN3O4/c20-14-4-1-3-12-16(14)21-11-13(17(12)24)18(25)23-6-2-5-15(23)19(26)22-7-9-27-10-8-22/h1,3-4,11,15H,2,5-10H2,(H,21,24)/t15-/m0/s1. The SMILES string of the molecule is O=C([C@@H]1CCCN1C(=O)c1c[nH]c2c(F)cccc2c1=O)N1CCOCC1. The molecule has 2 saturated heterocycles. The quantitative estimate of drug-likeness (QED) is 0.856.